The molecule has 0 bridgehead atoms. The molecular weight excluding hydrogens is 329 g/mol. The summed E-state index contributed by atoms with van der Waals surface area (Å²) in [5.74, 6) is -1.26. The van der Waals surface area contributed by atoms with Crippen LogP contribution in [0.15, 0.2) is 54.9 Å². The van der Waals surface area contributed by atoms with Crippen molar-refractivity contribution in [3.63, 3.8) is 0 Å². The van der Waals surface area contributed by atoms with E-state index < -0.39 is 16.8 Å². The van der Waals surface area contributed by atoms with Crippen LogP contribution in [-0.2, 0) is 11.3 Å². The first kappa shape index (κ1) is 16.2. The molecule has 0 saturated heterocycles. The molecule has 0 unspecified atom stereocenters. The first-order valence-corrected chi connectivity index (χ1v) is 7.21. The number of nitro groups is 1. The van der Waals surface area contributed by atoms with Crippen molar-refractivity contribution in [3.05, 3.63) is 70.8 Å². The Kier molecular flexibility index (Phi) is 4.46. The van der Waals surface area contributed by atoms with E-state index in [1.165, 1.54) is 12.1 Å². The molecule has 0 aliphatic heterocycles. The maximum Gasteiger partial charge on any atom is 0.490 e. The second kappa shape index (κ2) is 6.87. The molecule has 126 valence electrons. The largest absolute Gasteiger partial charge is 0.490 e. The average molecular weight is 341 g/mol. The summed E-state index contributed by atoms with van der Waals surface area (Å²) in [5.41, 5.74) is 2.30. The van der Waals surface area contributed by atoms with Crippen LogP contribution in [0.1, 0.15) is 0 Å². The Morgan fingerprint density at radius 2 is 1.72 bits per heavy atom. The van der Waals surface area contributed by atoms with Gasteiger partial charge in [-0.1, -0.05) is 29.2 Å². The average Bonchev–Trinajstić information content (AvgIpc) is 3.05. The fraction of sp³-hybridized carbons (Fsp3) is 0.0625. The van der Waals surface area contributed by atoms with Crippen molar-refractivity contribution in [1.82, 2.24) is 14.8 Å². The summed E-state index contributed by atoms with van der Waals surface area (Å²) in [6, 6.07) is 13.1. The molecule has 9 heteroatoms. The molecule has 1 amide bonds. The molecule has 3 rings (SSSR count). The van der Waals surface area contributed by atoms with Gasteiger partial charge in [-0.15, -0.1) is 0 Å². The van der Waals surface area contributed by atoms with Gasteiger partial charge in [-0.2, -0.15) is 4.68 Å². The molecule has 8 nitrogen and oxygen atoms in total. The van der Waals surface area contributed by atoms with E-state index in [0.717, 1.165) is 22.1 Å². The minimum atomic E-state index is -0.734. The fourth-order valence-electron chi connectivity index (χ4n) is 2.18. The van der Waals surface area contributed by atoms with Crippen molar-refractivity contribution in [2.45, 2.75) is 6.54 Å². The van der Waals surface area contributed by atoms with Crippen molar-refractivity contribution in [2.24, 2.45) is 0 Å². The van der Waals surface area contributed by atoms with E-state index in [0.29, 0.717) is 5.69 Å². The Morgan fingerprint density at radius 3 is 2.28 bits per heavy atom. The molecule has 3 aromatic rings. The first-order valence-electron chi connectivity index (χ1n) is 7.21. The molecular formula is C16H12FN5O3. The number of hydrogen-bond donors (Lipinski definition) is 1. The number of carbonyl (C=O) groups excluding carboxylic acids is 1. The smallest absolute Gasteiger partial charge is 0.390 e. The van der Waals surface area contributed by atoms with E-state index in [2.05, 4.69) is 15.4 Å². The Balaban J connectivity index is 1.63. The summed E-state index contributed by atoms with van der Waals surface area (Å²) >= 11 is 0. The minimum Gasteiger partial charge on any atom is -0.390 e. The number of nitrogens with one attached hydrogen (secondary N) is 1. The van der Waals surface area contributed by atoms with Crippen LogP contribution in [0.3, 0.4) is 0 Å². The number of halogens is 1. The van der Waals surface area contributed by atoms with E-state index in [1.54, 1.807) is 36.4 Å². The first-order chi connectivity index (χ1) is 12.0. The molecule has 25 heavy (non-hydrogen) atoms. The zero-order valence-electron chi connectivity index (χ0n) is 12.8. The number of anilines is 1. The lowest BCUT2D eigenvalue weighted by Gasteiger charge is -2.06. The van der Waals surface area contributed by atoms with Crippen LogP contribution >= 0.6 is 0 Å². The predicted octanol–water partition coefficient (Wildman–Crippen LogP) is 2.63. The Hall–Kier alpha value is -3.62. The topological polar surface area (TPSA) is 103 Å². The summed E-state index contributed by atoms with van der Waals surface area (Å²) in [4.78, 5) is 25.2. The van der Waals surface area contributed by atoms with E-state index in [-0.39, 0.29) is 12.4 Å². The van der Waals surface area contributed by atoms with Crippen LogP contribution in [0.2, 0.25) is 0 Å². The number of nitrogens with zero attached hydrogens (tertiary/aromatic N) is 4. The molecule has 1 heterocycles. The summed E-state index contributed by atoms with van der Waals surface area (Å²) in [7, 11) is 0. The third-order valence-corrected chi connectivity index (χ3v) is 3.34. The fourth-order valence-corrected chi connectivity index (χ4v) is 2.18. The lowest BCUT2D eigenvalue weighted by molar-refractivity contribution is -0.394. The summed E-state index contributed by atoms with van der Waals surface area (Å²) in [6.07, 6.45) is 1.12. The van der Waals surface area contributed by atoms with Gasteiger partial charge in [0.1, 0.15) is 12.4 Å². The van der Waals surface area contributed by atoms with Gasteiger partial charge >= 0.3 is 5.95 Å². The maximum atomic E-state index is 12.9. The predicted molar refractivity (Wildman–Crippen MR) is 87.1 cm³/mol. The molecule has 0 radical (unpaired) electrons. The number of benzene rings is 2. The van der Waals surface area contributed by atoms with Gasteiger partial charge < -0.3 is 15.4 Å². The monoisotopic (exact) mass is 341 g/mol. The highest BCUT2D eigenvalue weighted by Gasteiger charge is 2.15. The van der Waals surface area contributed by atoms with Crippen LogP contribution in [0.25, 0.3) is 11.1 Å². The van der Waals surface area contributed by atoms with Crippen molar-refractivity contribution >= 4 is 17.5 Å². The third kappa shape index (κ3) is 4.02. The number of hydrogen-bond acceptors (Lipinski definition) is 5. The third-order valence-electron chi connectivity index (χ3n) is 3.34. The van der Waals surface area contributed by atoms with Crippen LogP contribution in [0, 0.1) is 15.9 Å². The maximum absolute atomic E-state index is 12.9. The van der Waals surface area contributed by atoms with Crippen LogP contribution in [-0.4, -0.2) is 25.6 Å². The highest BCUT2D eigenvalue weighted by molar-refractivity contribution is 5.90. The van der Waals surface area contributed by atoms with Gasteiger partial charge in [-0.05, 0) is 40.3 Å². The molecule has 0 spiro atoms. The SMILES string of the molecule is O=C(Cn1cnc([N+](=O)[O-])n1)Nc1ccc(-c2ccc(F)cc2)cc1. The van der Waals surface area contributed by atoms with Gasteiger partial charge in [-0.25, -0.2) is 4.39 Å². The lowest BCUT2D eigenvalue weighted by Crippen LogP contribution is -2.19. The zero-order chi connectivity index (χ0) is 17.8. The van der Waals surface area contributed by atoms with Gasteiger partial charge in [0, 0.05) is 10.8 Å². The number of aromatic nitrogens is 3. The Morgan fingerprint density at radius 1 is 1.12 bits per heavy atom. The highest BCUT2D eigenvalue weighted by Crippen LogP contribution is 2.21. The summed E-state index contributed by atoms with van der Waals surface area (Å²) in [5, 5.41) is 16.7. The summed E-state index contributed by atoms with van der Waals surface area (Å²) < 4.78 is 14.0. The molecule has 1 aromatic heterocycles. The number of amides is 1. The van der Waals surface area contributed by atoms with Gasteiger partial charge in [0.15, 0.2) is 0 Å². The molecule has 1 N–H and O–H groups in total. The van der Waals surface area contributed by atoms with Crippen molar-refractivity contribution in [2.75, 3.05) is 5.32 Å². The van der Waals surface area contributed by atoms with Crippen molar-refractivity contribution in [3.8, 4) is 11.1 Å². The second-order valence-corrected chi connectivity index (χ2v) is 5.13. The lowest BCUT2D eigenvalue weighted by atomic mass is 10.1. The zero-order valence-corrected chi connectivity index (χ0v) is 12.8. The van der Waals surface area contributed by atoms with Gasteiger partial charge in [0.2, 0.25) is 12.2 Å². The highest BCUT2D eigenvalue weighted by atomic mass is 19.1. The molecule has 0 fully saturated rings. The van der Waals surface area contributed by atoms with Crippen molar-refractivity contribution < 1.29 is 14.1 Å². The van der Waals surface area contributed by atoms with Crippen molar-refractivity contribution in [1.29, 1.82) is 0 Å². The molecule has 0 aliphatic rings. The van der Waals surface area contributed by atoms with Gasteiger partial charge in [0.25, 0.3) is 0 Å². The molecule has 0 aliphatic carbocycles. The standard InChI is InChI=1S/C16H12FN5O3/c17-13-5-1-11(2-6-13)12-3-7-14(8-4-12)19-15(23)9-21-10-18-16(20-21)22(24)25/h1-8,10H,9H2,(H,19,23). The molecule has 0 atom stereocenters. The minimum absolute atomic E-state index is 0.194. The Bertz CT molecular complexity index is 906. The normalized spacial score (nSPS) is 10.4. The van der Waals surface area contributed by atoms with Gasteiger partial charge in [0.05, 0.1) is 0 Å². The second-order valence-electron chi connectivity index (χ2n) is 5.13. The van der Waals surface area contributed by atoms with E-state index in [9.17, 15) is 19.3 Å². The van der Waals surface area contributed by atoms with E-state index >= 15 is 0 Å². The molecule has 0 saturated carbocycles. The van der Waals surface area contributed by atoms with E-state index in [4.69, 9.17) is 0 Å². The summed E-state index contributed by atoms with van der Waals surface area (Å²) in [6.45, 7) is -0.194. The van der Waals surface area contributed by atoms with Crippen LogP contribution in [0.5, 0.6) is 0 Å². The number of rotatable bonds is 5. The van der Waals surface area contributed by atoms with Crippen LogP contribution in [0.4, 0.5) is 16.0 Å². The van der Waals surface area contributed by atoms with Crippen LogP contribution < -0.4 is 5.32 Å². The van der Waals surface area contributed by atoms with Gasteiger partial charge in [-0.3, -0.25) is 4.79 Å². The van der Waals surface area contributed by atoms with E-state index in [1.807, 2.05) is 0 Å². The number of carbonyl (C=O) groups is 1. The Labute approximate surface area is 141 Å². The quantitative estimate of drug-likeness (QED) is 0.567. The molecule has 2 aromatic carbocycles.